The second kappa shape index (κ2) is 4.81. The Morgan fingerprint density at radius 1 is 1.60 bits per heavy atom. The summed E-state index contributed by atoms with van der Waals surface area (Å²) in [5, 5.41) is 17.6. The van der Waals surface area contributed by atoms with Crippen molar-refractivity contribution in [2.45, 2.75) is 19.2 Å². The number of aryl methyl sites for hydroxylation is 1. The van der Waals surface area contributed by atoms with Crippen LogP contribution in [0.2, 0.25) is 0 Å². The molecule has 0 atom stereocenters. The summed E-state index contributed by atoms with van der Waals surface area (Å²) in [7, 11) is 0. The Kier molecular flexibility index (Phi) is 3.70. The highest BCUT2D eigenvalue weighted by atomic mass is 35.5. The van der Waals surface area contributed by atoms with E-state index in [4.69, 9.17) is 22.0 Å². The normalized spacial score (nSPS) is 9.67. The summed E-state index contributed by atoms with van der Waals surface area (Å²) in [6.07, 6.45) is -0.128. The molecule has 78 valence electrons. The summed E-state index contributed by atoms with van der Waals surface area (Å²) < 4.78 is 0. The number of hydrogen-bond acceptors (Lipinski definition) is 2. The third kappa shape index (κ3) is 2.71. The molecule has 0 aromatic heterocycles. The number of carboxylic acids is 1. The molecule has 0 spiro atoms. The quantitative estimate of drug-likeness (QED) is 0.800. The third-order valence-electron chi connectivity index (χ3n) is 2.14. The van der Waals surface area contributed by atoms with Crippen LogP contribution in [0.5, 0.6) is 0 Å². The Hall–Kier alpha value is -1.53. The molecule has 0 fully saturated rings. The van der Waals surface area contributed by atoms with E-state index in [0.29, 0.717) is 17.0 Å². The summed E-state index contributed by atoms with van der Waals surface area (Å²) >= 11 is 5.66. The number of halogens is 1. The van der Waals surface area contributed by atoms with Gasteiger partial charge in [-0.2, -0.15) is 5.26 Å². The van der Waals surface area contributed by atoms with Crippen LogP contribution >= 0.6 is 11.6 Å². The van der Waals surface area contributed by atoms with Crippen LogP contribution in [0.15, 0.2) is 12.1 Å². The predicted molar refractivity (Wildman–Crippen MR) is 56.8 cm³/mol. The van der Waals surface area contributed by atoms with Gasteiger partial charge in [-0.25, -0.2) is 0 Å². The largest absolute Gasteiger partial charge is 0.481 e. The molecule has 0 heterocycles. The molecule has 0 radical (unpaired) electrons. The highest BCUT2D eigenvalue weighted by Gasteiger charge is 2.11. The van der Waals surface area contributed by atoms with Crippen LogP contribution in [0.3, 0.4) is 0 Å². The van der Waals surface area contributed by atoms with Crippen molar-refractivity contribution >= 4 is 17.6 Å². The molecule has 0 saturated heterocycles. The van der Waals surface area contributed by atoms with Crippen molar-refractivity contribution in [3.8, 4) is 6.07 Å². The van der Waals surface area contributed by atoms with Gasteiger partial charge in [-0.15, -0.1) is 11.6 Å². The van der Waals surface area contributed by atoms with Gasteiger partial charge in [0.05, 0.1) is 18.1 Å². The predicted octanol–water partition coefficient (Wildman–Crippen LogP) is 2.23. The highest BCUT2D eigenvalue weighted by Crippen LogP contribution is 2.18. The van der Waals surface area contributed by atoms with Crippen molar-refractivity contribution in [2.24, 2.45) is 0 Å². The summed E-state index contributed by atoms with van der Waals surface area (Å²) in [5.41, 5.74) is 2.60. The van der Waals surface area contributed by atoms with Crippen molar-refractivity contribution < 1.29 is 9.90 Å². The van der Waals surface area contributed by atoms with Gasteiger partial charge in [0.1, 0.15) is 0 Å². The van der Waals surface area contributed by atoms with Crippen molar-refractivity contribution in [2.75, 3.05) is 0 Å². The maximum Gasteiger partial charge on any atom is 0.307 e. The first-order valence-corrected chi connectivity index (χ1v) is 4.92. The van der Waals surface area contributed by atoms with Gasteiger partial charge >= 0.3 is 5.97 Å². The maximum absolute atomic E-state index is 10.6. The van der Waals surface area contributed by atoms with Crippen molar-refractivity contribution in [3.05, 3.63) is 34.4 Å². The molecule has 1 N–H and O–H groups in total. The van der Waals surface area contributed by atoms with Gasteiger partial charge in [0, 0.05) is 5.88 Å². The van der Waals surface area contributed by atoms with Gasteiger partial charge in [0.2, 0.25) is 0 Å². The molecule has 0 aliphatic rings. The fourth-order valence-electron chi connectivity index (χ4n) is 1.45. The Balaban J connectivity index is 3.26. The third-order valence-corrected chi connectivity index (χ3v) is 2.44. The van der Waals surface area contributed by atoms with E-state index in [2.05, 4.69) is 0 Å². The Morgan fingerprint density at radius 2 is 2.27 bits per heavy atom. The smallest absolute Gasteiger partial charge is 0.307 e. The van der Waals surface area contributed by atoms with Crippen molar-refractivity contribution in [3.63, 3.8) is 0 Å². The molecule has 4 heteroatoms. The maximum atomic E-state index is 10.6. The van der Waals surface area contributed by atoms with Crippen molar-refractivity contribution in [1.29, 1.82) is 5.26 Å². The molecule has 1 aromatic rings. The molecule has 0 bridgehead atoms. The van der Waals surface area contributed by atoms with Gasteiger partial charge in [-0.1, -0.05) is 6.07 Å². The lowest BCUT2D eigenvalue weighted by Gasteiger charge is -2.07. The van der Waals surface area contributed by atoms with Crippen LogP contribution in [-0.4, -0.2) is 11.1 Å². The number of aliphatic carboxylic acids is 1. The molecular formula is C11H10ClNO2. The van der Waals surface area contributed by atoms with Crippen LogP contribution in [-0.2, 0) is 17.1 Å². The molecule has 0 aliphatic carbocycles. The number of nitrogens with zero attached hydrogens (tertiary/aromatic N) is 1. The van der Waals surface area contributed by atoms with Crippen molar-refractivity contribution in [1.82, 2.24) is 0 Å². The van der Waals surface area contributed by atoms with E-state index in [1.807, 2.05) is 12.1 Å². The number of nitriles is 1. The lowest BCUT2D eigenvalue weighted by atomic mass is 9.97. The van der Waals surface area contributed by atoms with E-state index < -0.39 is 5.97 Å². The summed E-state index contributed by atoms with van der Waals surface area (Å²) in [5.74, 6) is -0.615. The minimum Gasteiger partial charge on any atom is -0.481 e. The molecule has 0 aliphatic heterocycles. The zero-order chi connectivity index (χ0) is 11.4. The van der Waals surface area contributed by atoms with Gasteiger partial charge in [-0.3, -0.25) is 4.79 Å². The molecule has 1 rings (SSSR count). The number of rotatable bonds is 3. The van der Waals surface area contributed by atoms with Crippen LogP contribution in [0.1, 0.15) is 22.3 Å². The molecule has 0 unspecified atom stereocenters. The second-order valence-corrected chi connectivity index (χ2v) is 3.52. The second-order valence-electron chi connectivity index (χ2n) is 3.25. The minimum atomic E-state index is -0.937. The highest BCUT2D eigenvalue weighted by molar-refractivity contribution is 6.17. The van der Waals surface area contributed by atoms with Crippen LogP contribution in [0, 0.1) is 18.3 Å². The number of hydrogen-bond donors (Lipinski definition) is 1. The lowest BCUT2D eigenvalue weighted by molar-refractivity contribution is -0.136. The molecule has 3 nitrogen and oxygen atoms in total. The zero-order valence-corrected chi connectivity index (χ0v) is 9.01. The summed E-state index contributed by atoms with van der Waals surface area (Å²) in [6, 6.07) is 5.44. The van der Waals surface area contributed by atoms with E-state index in [1.54, 1.807) is 13.0 Å². The molecule has 0 amide bonds. The average molecular weight is 224 g/mol. The van der Waals surface area contributed by atoms with Crippen LogP contribution < -0.4 is 0 Å². The van der Waals surface area contributed by atoms with Gasteiger partial charge in [0.25, 0.3) is 0 Å². The summed E-state index contributed by atoms with van der Waals surface area (Å²) in [6.45, 7) is 1.79. The monoisotopic (exact) mass is 223 g/mol. The zero-order valence-electron chi connectivity index (χ0n) is 8.25. The standard InChI is InChI=1S/C11H10ClNO2/c1-7-2-8(5-12)3-9(6-13)10(7)4-11(14)15/h2-3H,4-5H2,1H3,(H,14,15). The van der Waals surface area contributed by atoms with Crippen LogP contribution in [0.25, 0.3) is 0 Å². The van der Waals surface area contributed by atoms with Gasteiger partial charge < -0.3 is 5.11 Å². The fourth-order valence-corrected chi connectivity index (χ4v) is 1.61. The van der Waals surface area contributed by atoms with E-state index in [0.717, 1.165) is 11.1 Å². The first-order chi connectivity index (χ1) is 7.08. The van der Waals surface area contributed by atoms with Crippen LogP contribution in [0.4, 0.5) is 0 Å². The Morgan fingerprint density at radius 3 is 2.73 bits per heavy atom. The Bertz CT molecular complexity index is 435. The van der Waals surface area contributed by atoms with Gasteiger partial charge in [-0.05, 0) is 29.7 Å². The molecule has 1 aromatic carbocycles. The lowest BCUT2D eigenvalue weighted by Crippen LogP contribution is -2.05. The molecule has 0 saturated carbocycles. The van der Waals surface area contributed by atoms with E-state index in [-0.39, 0.29) is 6.42 Å². The SMILES string of the molecule is Cc1cc(CCl)cc(C#N)c1CC(=O)O. The van der Waals surface area contributed by atoms with E-state index in [1.165, 1.54) is 0 Å². The number of benzene rings is 1. The molecule has 15 heavy (non-hydrogen) atoms. The first kappa shape index (κ1) is 11.5. The fraction of sp³-hybridized carbons (Fsp3) is 0.273. The molecular weight excluding hydrogens is 214 g/mol. The van der Waals surface area contributed by atoms with E-state index >= 15 is 0 Å². The summed E-state index contributed by atoms with van der Waals surface area (Å²) in [4.78, 5) is 10.6. The number of carbonyl (C=O) groups is 1. The van der Waals surface area contributed by atoms with Gasteiger partial charge in [0.15, 0.2) is 0 Å². The minimum absolute atomic E-state index is 0.128. The number of alkyl halides is 1. The number of carboxylic acid groups (broad SMARTS) is 1. The Labute approximate surface area is 92.9 Å². The average Bonchev–Trinajstić information content (AvgIpc) is 2.20. The van der Waals surface area contributed by atoms with E-state index in [9.17, 15) is 4.79 Å². The first-order valence-electron chi connectivity index (χ1n) is 4.38. The topological polar surface area (TPSA) is 61.1 Å².